The molecule has 0 aromatic carbocycles. The van der Waals surface area contributed by atoms with Gasteiger partial charge in [-0.25, -0.2) is 0 Å². The molecule has 1 fully saturated rings. The van der Waals surface area contributed by atoms with E-state index < -0.39 is 0 Å². The molecule has 0 aromatic rings. The monoisotopic (exact) mass is 214 g/mol. The number of likely N-dealkylation sites (N-methyl/N-ethyl adjacent to an activating group) is 1. The summed E-state index contributed by atoms with van der Waals surface area (Å²) in [5.74, 6) is 0.649. The molecule has 15 heavy (non-hydrogen) atoms. The Labute approximate surface area is 93.9 Å². The molecule has 0 aliphatic carbocycles. The zero-order chi connectivity index (χ0) is 11.3. The van der Waals surface area contributed by atoms with Crippen LogP contribution < -0.4 is 5.32 Å². The predicted molar refractivity (Wildman–Crippen MR) is 64.0 cm³/mol. The minimum atomic E-state index is 0.262. The van der Waals surface area contributed by atoms with Crippen LogP contribution in [0.25, 0.3) is 0 Å². The molecule has 0 radical (unpaired) electrons. The number of nitrogens with zero attached hydrogens (tertiary/aromatic N) is 1. The van der Waals surface area contributed by atoms with Gasteiger partial charge < -0.3 is 15.3 Å². The molecule has 1 rings (SSSR count). The molecular formula is C12H26N2O. The number of piperidine rings is 1. The molecule has 0 spiro atoms. The zero-order valence-corrected chi connectivity index (χ0v) is 10.4. The lowest BCUT2D eigenvalue weighted by molar-refractivity contribution is 0.173. The summed E-state index contributed by atoms with van der Waals surface area (Å²) in [7, 11) is 2.17. The van der Waals surface area contributed by atoms with Crippen LogP contribution in [0.1, 0.15) is 33.1 Å². The fraction of sp³-hybridized carbons (Fsp3) is 1.00. The molecule has 1 heterocycles. The summed E-state index contributed by atoms with van der Waals surface area (Å²) >= 11 is 0. The van der Waals surface area contributed by atoms with Crippen molar-refractivity contribution in [2.45, 2.75) is 45.2 Å². The Kier molecular flexibility index (Phi) is 5.58. The summed E-state index contributed by atoms with van der Waals surface area (Å²) in [4.78, 5) is 2.37. The first-order valence-corrected chi connectivity index (χ1v) is 6.17. The second-order valence-electron chi connectivity index (χ2n) is 5.28. The van der Waals surface area contributed by atoms with E-state index in [1.807, 2.05) is 0 Å². The van der Waals surface area contributed by atoms with Gasteiger partial charge in [-0.05, 0) is 38.8 Å². The molecule has 2 unspecified atom stereocenters. The van der Waals surface area contributed by atoms with Crippen molar-refractivity contribution >= 4 is 0 Å². The van der Waals surface area contributed by atoms with Crippen LogP contribution >= 0.6 is 0 Å². The quantitative estimate of drug-likeness (QED) is 0.719. The zero-order valence-electron chi connectivity index (χ0n) is 10.4. The number of rotatable bonds is 5. The first kappa shape index (κ1) is 12.9. The number of likely N-dealkylation sites (tertiary alicyclic amines) is 1. The van der Waals surface area contributed by atoms with E-state index in [-0.39, 0.29) is 12.6 Å². The Morgan fingerprint density at radius 3 is 2.73 bits per heavy atom. The molecule has 1 aliphatic heterocycles. The highest BCUT2D eigenvalue weighted by molar-refractivity contribution is 4.80. The molecule has 90 valence electrons. The maximum atomic E-state index is 9.30. The van der Waals surface area contributed by atoms with Gasteiger partial charge in [0.05, 0.1) is 6.61 Å². The molecule has 2 atom stereocenters. The van der Waals surface area contributed by atoms with E-state index in [1.165, 1.54) is 19.4 Å². The van der Waals surface area contributed by atoms with E-state index in [4.69, 9.17) is 0 Å². The van der Waals surface area contributed by atoms with Gasteiger partial charge in [-0.3, -0.25) is 0 Å². The highest BCUT2D eigenvalue weighted by atomic mass is 16.3. The third-order valence-electron chi connectivity index (χ3n) is 3.07. The Morgan fingerprint density at radius 1 is 1.47 bits per heavy atom. The predicted octanol–water partition coefficient (Wildman–Crippen LogP) is 1.08. The third-order valence-corrected chi connectivity index (χ3v) is 3.07. The van der Waals surface area contributed by atoms with Gasteiger partial charge in [-0.15, -0.1) is 0 Å². The van der Waals surface area contributed by atoms with Crippen molar-refractivity contribution in [1.82, 2.24) is 10.2 Å². The molecule has 0 saturated carbocycles. The topological polar surface area (TPSA) is 35.5 Å². The number of aliphatic hydroxyl groups is 1. The molecule has 0 amide bonds. The summed E-state index contributed by atoms with van der Waals surface area (Å²) < 4.78 is 0. The maximum absolute atomic E-state index is 9.30. The summed E-state index contributed by atoms with van der Waals surface area (Å²) in [6.07, 6.45) is 3.59. The lowest BCUT2D eigenvalue weighted by atomic mass is 10.0. The summed E-state index contributed by atoms with van der Waals surface area (Å²) in [6, 6.07) is 0.848. The lowest BCUT2D eigenvalue weighted by Crippen LogP contribution is -2.49. The Balaban J connectivity index is 2.30. The molecular weight excluding hydrogens is 188 g/mol. The van der Waals surface area contributed by atoms with E-state index in [2.05, 4.69) is 31.1 Å². The standard InChI is InChI=1S/C12H26N2O/c1-10(2)7-12(9-15)13-11-5-4-6-14(3)8-11/h10-13,15H,4-9H2,1-3H3. The molecule has 1 saturated heterocycles. The van der Waals surface area contributed by atoms with Gasteiger partial charge in [0.15, 0.2) is 0 Å². The molecule has 0 bridgehead atoms. The molecule has 2 N–H and O–H groups in total. The molecule has 3 nitrogen and oxygen atoms in total. The average Bonchev–Trinajstić information content (AvgIpc) is 2.16. The van der Waals surface area contributed by atoms with E-state index in [1.54, 1.807) is 0 Å². The fourth-order valence-corrected chi connectivity index (χ4v) is 2.40. The third kappa shape index (κ3) is 4.96. The number of hydrogen-bond acceptors (Lipinski definition) is 3. The van der Waals surface area contributed by atoms with Crippen LogP contribution in [-0.2, 0) is 0 Å². The van der Waals surface area contributed by atoms with Gasteiger partial charge in [0.2, 0.25) is 0 Å². The maximum Gasteiger partial charge on any atom is 0.0584 e. The number of aliphatic hydroxyl groups excluding tert-OH is 1. The molecule has 3 heteroatoms. The van der Waals surface area contributed by atoms with Crippen LogP contribution in [0.3, 0.4) is 0 Å². The number of nitrogens with one attached hydrogen (secondary N) is 1. The van der Waals surface area contributed by atoms with E-state index in [0.29, 0.717) is 12.0 Å². The van der Waals surface area contributed by atoms with Crippen LogP contribution in [0.5, 0.6) is 0 Å². The molecule has 1 aliphatic rings. The smallest absolute Gasteiger partial charge is 0.0584 e. The minimum absolute atomic E-state index is 0.262. The normalized spacial score (nSPS) is 25.8. The Hall–Kier alpha value is -0.120. The largest absolute Gasteiger partial charge is 0.395 e. The van der Waals surface area contributed by atoms with E-state index in [9.17, 15) is 5.11 Å². The van der Waals surface area contributed by atoms with Crippen molar-refractivity contribution in [1.29, 1.82) is 0 Å². The molecule has 0 aromatic heterocycles. The van der Waals surface area contributed by atoms with Crippen molar-refractivity contribution in [3.63, 3.8) is 0 Å². The average molecular weight is 214 g/mol. The van der Waals surface area contributed by atoms with Gasteiger partial charge in [0.1, 0.15) is 0 Å². The van der Waals surface area contributed by atoms with E-state index in [0.717, 1.165) is 13.0 Å². The van der Waals surface area contributed by atoms with Crippen molar-refractivity contribution < 1.29 is 5.11 Å². The summed E-state index contributed by atoms with van der Waals surface area (Å²) in [6.45, 7) is 7.01. The van der Waals surface area contributed by atoms with Gasteiger partial charge in [-0.2, -0.15) is 0 Å². The van der Waals surface area contributed by atoms with Gasteiger partial charge >= 0.3 is 0 Å². The minimum Gasteiger partial charge on any atom is -0.395 e. The van der Waals surface area contributed by atoms with Crippen molar-refractivity contribution in [2.24, 2.45) is 5.92 Å². The lowest BCUT2D eigenvalue weighted by Gasteiger charge is -2.33. The van der Waals surface area contributed by atoms with Crippen LogP contribution in [0, 0.1) is 5.92 Å². The summed E-state index contributed by atoms with van der Waals surface area (Å²) in [5, 5.41) is 12.9. The van der Waals surface area contributed by atoms with Crippen molar-refractivity contribution in [3.05, 3.63) is 0 Å². The highest BCUT2D eigenvalue weighted by Gasteiger charge is 2.20. The second-order valence-corrected chi connectivity index (χ2v) is 5.28. The van der Waals surface area contributed by atoms with E-state index >= 15 is 0 Å². The van der Waals surface area contributed by atoms with Crippen molar-refractivity contribution in [3.8, 4) is 0 Å². The van der Waals surface area contributed by atoms with Crippen LogP contribution in [0.15, 0.2) is 0 Å². The SMILES string of the molecule is CC(C)CC(CO)NC1CCCN(C)C1. The summed E-state index contributed by atoms with van der Waals surface area (Å²) in [5.41, 5.74) is 0. The van der Waals surface area contributed by atoms with Crippen molar-refractivity contribution in [2.75, 3.05) is 26.7 Å². The first-order valence-electron chi connectivity index (χ1n) is 6.17. The Morgan fingerprint density at radius 2 is 2.20 bits per heavy atom. The van der Waals surface area contributed by atoms with Crippen LogP contribution in [-0.4, -0.2) is 48.8 Å². The first-order chi connectivity index (χ1) is 7.11. The van der Waals surface area contributed by atoms with Gasteiger partial charge in [0, 0.05) is 18.6 Å². The van der Waals surface area contributed by atoms with Crippen LogP contribution in [0.4, 0.5) is 0 Å². The highest BCUT2D eigenvalue weighted by Crippen LogP contribution is 2.11. The van der Waals surface area contributed by atoms with Gasteiger partial charge in [0.25, 0.3) is 0 Å². The number of hydrogen-bond donors (Lipinski definition) is 2. The fourth-order valence-electron chi connectivity index (χ4n) is 2.40. The Bertz CT molecular complexity index is 171. The second kappa shape index (κ2) is 6.46. The van der Waals surface area contributed by atoms with Gasteiger partial charge in [-0.1, -0.05) is 13.8 Å². The van der Waals surface area contributed by atoms with Crippen LogP contribution in [0.2, 0.25) is 0 Å².